The zero-order chi connectivity index (χ0) is 64.9. The molecule has 47 heteroatoms. The van der Waals surface area contributed by atoms with Crippen LogP contribution < -0.4 is 9.05 Å². The number of phosphoric acid groups is 5. The molecule has 0 saturated carbocycles. The first kappa shape index (κ1) is 81.4. The van der Waals surface area contributed by atoms with Gasteiger partial charge in [0.05, 0.1) is 19.8 Å². The van der Waals surface area contributed by atoms with Crippen LogP contribution in [-0.2, 0) is 67.0 Å². The number of carbonyl (C=O) groups excluding carboxylic acids is 2. The molecule has 0 spiro atoms. The molecule has 1 saturated heterocycles. The molecular formula is C40H67ClN12O26P8. The van der Waals surface area contributed by atoms with Crippen LogP contribution in [0.4, 0.5) is 0 Å². The molecule has 6 unspecified atom stereocenters. The van der Waals surface area contributed by atoms with Crippen LogP contribution in [0.15, 0.2) is 69.0 Å². The maximum Gasteiger partial charge on any atom is 0.490 e. The maximum absolute atomic E-state index is 11.5. The number of azide groups is 4. The van der Waals surface area contributed by atoms with Crippen molar-refractivity contribution in [2.24, 2.45) is 20.5 Å². The van der Waals surface area contributed by atoms with E-state index in [1.165, 1.54) is 38.5 Å². The summed E-state index contributed by atoms with van der Waals surface area (Å²) in [5.74, 6) is 0.0493. The quantitative estimate of drug-likeness (QED) is 0.0109. The number of hydrogen-bond donors (Lipinski definition) is 7. The van der Waals surface area contributed by atoms with Crippen molar-refractivity contribution >= 4 is 87.2 Å². The van der Waals surface area contributed by atoms with Crippen LogP contribution in [0.1, 0.15) is 136 Å². The predicted molar refractivity (Wildman–Crippen MR) is 312 cm³/mol. The number of para-hydroxylation sites is 2. The molecule has 5 rings (SSSR count). The van der Waals surface area contributed by atoms with Gasteiger partial charge in [-0.3, -0.25) is 9.05 Å². The van der Waals surface area contributed by atoms with Crippen molar-refractivity contribution in [3.8, 4) is 11.5 Å². The van der Waals surface area contributed by atoms with E-state index in [4.69, 9.17) is 81.0 Å². The fourth-order valence-corrected chi connectivity index (χ4v) is 15.5. The fraction of sp³-hybridized carbons (Fsp3) is 0.650. The Bertz CT molecular complexity index is 2800. The van der Waals surface area contributed by atoms with E-state index in [9.17, 15) is 37.3 Å². The number of halogens is 1. The largest absolute Gasteiger partial charge is 0.490 e. The van der Waals surface area contributed by atoms with Crippen molar-refractivity contribution in [1.29, 1.82) is 0 Å². The summed E-state index contributed by atoms with van der Waals surface area (Å²) in [6.45, 7) is 1.29. The molecule has 0 aliphatic carbocycles. The van der Waals surface area contributed by atoms with Gasteiger partial charge in [0.1, 0.15) is 22.6 Å². The van der Waals surface area contributed by atoms with Gasteiger partial charge in [-0.2, -0.15) is 12.9 Å². The summed E-state index contributed by atoms with van der Waals surface area (Å²) in [5, 5.41) is 21.9. The molecule has 1 fully saturated rings. The van der Waals surface area contributed by atoms with Crippen molar-refractivity contribution in [3.63, 3.8) is 0 Å². The Kier molecular flexibility index (Phi) is 44.2. The van der Waals surface area contributed by atoms with Crippen LogP contribution in [0.2, 0.25) is 0 Å². The van der Waals surface area contributed by atoms with Crippen LogP contribution in [0.5, 0.6) is 11.5 Å². The first-order valence-electron chi connectivity index (χ1n) is 25.8. The highest BCUT2D eigenvalue weighted by Gasteiger charge is 2.48. The summed E-state index contributed by atoms with van der Waals surface area (Å²) in [7, 11) is -31.0. The van der Waals surface area contributed by atoms with Gasteiger partial charge in [-0.25, -0.2) is 41.0 Å². The maximum atomic E-state index is 11.5. The number of benzene rings is 2. The average molecular weight is 1420 g/mol. The van der Waals surface area contributed by atoms with Gasteiger partial charge in [0, 0.05) is 52.4 Å². The number of rotatable bonds is 36. The Morgan fingerprint density at radius 2 is 0.897 bits per heavy atom. The number of fused-ring (bicyclic) bond motifs is 2. The second-order valence-electron chi connectivity index (χ2n) is 16.8. The zero-order valence-corrected chi connectivity index (χ0v) is 54.1. The lowest BCUT2D eigenvalue weighted by molar-refractivity contribution is 0.0670. The van der Waals surface area contributed by atoms with E-state index in [2.05, 4.69) is 75.2 Å². The van der Waals surface area contributed by atoms with Crippen LogP contribution in [0, 0.1) is 0 Å². The molecular weight excluding hydrogens is 1350 g/mol. The molecule has 3 aliphatic heterocycles. The number of aliphatic hydroxyl groups is 1. The molecule has 0 amide bonds. The normalized spacial score (nSPS) is 20.2. The molecule has 7 N–H and O–H groups in total. The van der Waals surface area contributed by atoms with Gasteiger partial charge in [-0.1, -0.05) is 135 Å². The Balaban J connectivity index is 0.000000558. The third kappa shape index (κ3) is 43.7. The predicted octanol–water partition coefficient (Wildman–Crippen LogP) is 15.2. The molecule has 3 aliphatic rings. The number of unbranched alkanes of at least 4 members (excludes halogenated alkanes) is 16. The molecule has 490 valence electrons. The van der Waals surface area contributed by atoms with E-state index < -0.39 is 76.0 Å². The lowest BCUT2D eigenvalue weighted by atomic mass is 10.1. The second kappa shape index (κ2) is 47.3. The number of phosphoric ester groups is 1. The van der Waals surface area contributed by atoms with Crippen LogP contribution >= 0.6 is 75.3 Å². The Hall–Kier alpha value is -3.65. The van der Waals surface area contributed by atoms with Gasteiger partial charge in [-0.05, 0) is 83.3 Å². The van der Waals surface area contributed by atoms with E-state index in [1.807, 2.05) is 0 Å². The van der Waals surface area contributed by atoms with Gasteiger partial charge in [-0.15, -0.1) is 0 Å². The highest BCUT2D eigenvalue weighted by Crippen LogP contribution is 2.76. The van der Waals surface area contributed by atoms with Gasteiger partial charge in [0.25, 0.3) is 0 Å². The minimum atomic E-state index is -5.45. The van der Waals surface area contributed by atoms with E-state index in [0.29, 0.717) is 55.2 Å². The third-order valence-corrected chi connectivity index (χ3v) is 20.6. The number of carbonyl (C=O) groups is 2. The van der Waals surface area contributed by atoms with Gasteiger partial charge < -0.3 is 57.1 Å². The first-order valence-corrected chi connectivity index (χ1v) is 37.6. The third-order valence-electron chi connectivity index (χ3n) is 9.93. The second-order valence-corrected chi connectivity index (χ2v) is 28.4. The lowest BCUT2D eigenvalue weighted by Crippen LogP contribution is -2.13. The number of nitrogens with zero attached hydrogens (tertiary/aromatic N) is 12. The van der Waals surface area contributed by atoms with Gasteiger partial charge in [0.2, 0.25) is 0 Å². The van der Waals surface area contributed by atoms with Crippen molar-refractivity contribution in [1.82, 2.24) is 0 Å². The molecule has 38 nitrogen and oxygen atoms in total. The SMILES string of the molecule is O=C1OP(Cl)Oc2ccccc21.[N-]=[N+]=NCCCCCCCCCCCO.[N-]=[N+]=NCCCCCCCCCCCOP(=O)(O)OP(=O)(O)OP(=O)(O)O.[N-]=[N+]=NCCOP1OC(=O)c2ccccc2O1.[N-]=[N+]=NCCOP1OP(=O)(O)OP(=O)(O)O1. The van der Waals surface area contributed by atoms with Crippen LogP contribution in [-0.4, -0.2) is 99.0 Å². The molecule has 6 atom stereocenters. The number of aliphatic hydroxyl groups excluding tert-OH is 1. The lowest BCUT2D eigenvalue weighted by Gasteiger charge is -2.25. The number of hydrogen-bond acceptors (Lipinski definition) is 24. The van der Waals surface area contributed by atoms with Crippen molar-refractivity contribution in [2.75, 3.05) is 52.6 Å². The Labute approximate surface area is 507 Å². The summed E-state index contributed by atoms with van der Waals surface area (Å²) in [4.78, 5) is 85.7. The molecule has 2 aromatic rings. The molecule has 0 bridgehead atoms. The topological polar surface area (TPSA) is 567 Å². The molecule has 87 heavy (non-hydrogen) atoms. The fourth-order valence-electron chi connectivity index (χ4n) is 6.33. The highest BCUT2D eigenvalue weighted by molar-refractivity contribution is 7.76. The molecule has 0 radical (unpaired) electrons. The average Bonchev–Trinajstić information content (AvgIpc) is 3.20. The monoisotopic (exact) mass is 1410 g/mol. The summed E-state index contributed by atoms with van der Waals surface area (Å²) < 4.78 is 109. The summed E-state index contributed by atoms with van der Waals surface area (Å²) in [6, 6.07) is 13.6. The Morgan fingerprint density at radius 1 is 0.506 bits per heavy atom. The highest BCUT2D eigenvalue weighted by atomic mass is 35.7. The van der Waals surface area contributed by atoms with Gasteiger partial charge in [0.15, 0.2) is 0 Å². The van der Waals surface area contributed by atoms with E-state index in [1.54, 1.807) is 48.5 Å². The Morgan fingerprint density at radius 3 is 1.34 bits per heavy atom. The summed E-state index contributed by atoms with van der Waals surface area (Å²) in [5.41, 5.74) is 33.0. The zero-order valence-electron chi connectivity index (χ0n) is 46.2. The minimum Gasteiger partial charge on any atom is -0.426 e. The van der Waals surface area contributed by atoms with E-state index in [-0.39, 0.29) is 32.9 Å². The van der Waals surface area contributed by atoms with Crippen molar-refractivity contribution in [2.45, 2.75) is 116 Å². The van der Waals surface area contributed by atoms with Crippen LogP contribution in [0.25, 0.3) is 41.8 Å². The molecule has 2 aromatic carbocycles. The minimum absolute atomic E-state index is 0.0889. The van der Waals surface area contributed by atoms with Gasteiger partial charge >= 0.3 is 76.0 Å². The summed E-state index contributed by atoms with van der Waals surface area (Å²) >= 11 is 5.54. The van der Waals surface area contributed by atoms with E-state index in [0.717, 1.165) is 64.2 Å². The van der Waals surface area contributed by atoms with E-state index >= 15 is 0 Å². The standard InChI is InChI=1S/C11H26N3O10P3.C11H23N3O.C9H8N3O4P.C7H4ClO3P.C2H6N3O8P3/c12-14-13-10-8-6-4-2-1-3-5-7-9-11-22-26(18,19)24-27(20,21)23-25(15,16)17;12-14-13-10-8-6-4-2-1-3-5-7-9-11-15;10-12-11-5-6-14-17-15-8-4-2-1-3-7(8)9(13)16-17;8-12-10-6-4-2-1-3-5(6)7(9)11-12;3-5-4-1-2-10-14-11-15(6,7)13-16(8,9)12-14/h1-11H2,(H,18,19)(H,20,21)(H2,15,16,17);15H,1-11H2;1-4H,5-6H2;1-4H;1-2H2,(H,6,7)(H,8,9). The van der Waals surface area contributed by atoms with Crippen molar-refractivity contribution in [3.05, 3.63) is 101 Å². The molecule has 0 aromatic heterocycles. The van der Waals surface area contributed by atoms with Crippen LogP contribution in [0.3, 0.4) is 0 Å². The first-order chi connectivity index (χ1) is 41.3. The van der Waals surface area contributed by atoms with Crippen molar-refractivity contribution < 1.29 is 120 Å². The molecule has 3 heterocycles. The summed E-state index contributed by atoms with van der Waals surface area (Å²) in [6.07, 6.45) is 18.7. The smallest absolute Gasteiger partial charge is 0.426 e.